The molecule has 0 saturated carbocycles. The van der Waals surface area contributed by atoms with E-state index in [4.69, 9.17) is 14.2 Å². The van der Waals surface area contributed by atoms with Gasteiger partial charge in [-0.15, -0.1) is 0 Å². The normalized spacial score (nSPS) is 10.6. The van der Waals surface area contributed by atoms with Crippen LogP contribution in [0.5, 0.6) is 11.5 Å². The third-order valence-electron chi connectivity index (χ3n) is 3.05. The van der Waals surface area contributed by atoms with Crippen LogP contribution < -0.4 is 14.8 Å². The third kappa shape index (κ3) is 4.21. The molecule has 0 aliphatic heterocycles. The van der Waals surface area contributed by atoms with Gasteiger partial charge >= 0.3 is 0 Å². The van der Waals surface area contributed by atoms with E-state index in [1.807, 2.05) is 24.4 Å². The van der Waals surface area contributed by atoms with Crippen molar-refractivity contribution in [3.63, 3.8) is 0 Å². The van der Waals surface area contributed by atoms with Crippen molar-refractivity contribution in [1.29, 1.82) is 0 Å². The van der Waals surface area contributed by atoms with Gasteiger partial charge in [0.1, 0.15) is 17.3 Å². The summed E-state index contributed by atoms with van der Waals surface area (Å²) in [7, 11) is 4.95. The Bertz CT molecular complexity index is 547. The molecule has 6 heteroatoms. The molecule has 0 atom stereocenters. The number of nitrogens with one attached hydrogen (secondary N) is 2. The van der Waals surface area contributed by atoms with Gasteiger partial charge in [0.15, 0.2) is 0 Å². The van der Waals surface area contributed by atoms with Crippen LogP contribution in [0.2, 0.25) is 0 Å². The molecule has 0 spiro atoms. The van der Waals surface area contributed by atoms with Crippen molar-refractivity contribution >= 4 is 0 Å². The predicted molar refractivity (Wildman–Crippen MR) is 80.7 cm³/mol. The molecule has 0 amide bonds. The fourth-order valence-corrected chi connectivity index (χ4v) is 1.94. The quantitative estimate of drug-likeness (QED) is 0.726. The molecule has 0 aliphatic carbocycles. The lowest BCUT2D eigenvalue weighted by Gasteiger charge is -2.07. The topological polar surface area (TPSA) is 68.4 Å². The van der Waals surface area contributed by atoms with E-state index in [-0.39, 0.29) is 0 Å². The lowest BCUT2D eigenvalue weighted by molar-refractivity contribution is 0.199. The van der Waals surface area contributed by atoms with Crippen molar-refractivity contribution < 1.29 is 14.2 Å². The van der Waals surface area contributed by atoms with Crippen LogP contribution in [0.3, 0.4) is 0 Å². The van der Waals surface area contributed by atoms with E-state index in [0.29, 0.717) is 6.61 Å². The number of aromatic amines is 1. The maximum absolute atomic E-state index is 5.27. The average Bonchev–Trinajstić information content (AvgIpc) is 3.00. The summed E-state index contributed by atoms with van der Waals surface area (Å²) >= 11 is 0. The number of nitrogens with zero attached hydrogens (tertiary/aromatic N) is 1. The molecule has 0 bridgehead atoms. The Labute approximate surface area is 124 Å². The standard InChI is InChI=1S/C15H21N3O3/c1-19-5-4-16-9-12-10-17-15(18-12)11-6-13(20-2)8-14(7-11)21-3/h6-8,10,16H,4-5,9H2,1-3H3,(H,17,18). The van der Waals surface area contributed by atoms with E-state index >= 15 is 0 Å². The third-order valence-corrected chi connectivity index (χ3v) is 3.05. The van der Waals surface area contributed by atoms with Gasteiger partial charge in [0.25, 0.3) is 0 Å². The maximum Gasteiger partial charge on any atom is 0.137 e. The van der Waals surface area contributed by atoms with E-state index in [9.17, 15) is 0 Å². The minimum atomic E-state index is 0.689. The molecule has 0 fully saturated rings. The number of hydrogen-bond acceptors (Lipinski definition) is 5. The molecule has 1 aromatic heterocycles. The second-order valence-electron chi connectivity index (χ2n) is 4.53. The molecule has 6 nitrogen and oxygen atoms in total. The highest BCUT2D eigenvalue weighted by atomic mass is 16.5. The molecule has 1 aromatic carbocycles. The zero-order chi connectivity index (χ0) is 15.1. The number of ether oxygens (including phenoxy) is 3. The first-order chi connectivity index (χ1) is 10.3. The van der Waals surface area contributed by atoms with Crippen molar-refractivity contribution in [2.24, 2.45) is 0 Å². The van der Waals surface area contributed by atoms with Crippen molar-refractivity contribution in [2.75, 3.05) is 34.5 Å². The lowest BCUT2D eigenvalue weighted by atomic mass is 10.2. The first-order valence-electron chi connectivity index (χ1n) is 6.73. The van der Waals surface area contributed by atoms with Crippen LogP contribution in [0.1, 0.15) is 5.69 Å². The number of H-pyrrole nitrogens is 1. The molecule has 0 saturated heterocycles. The Hall–Kier alpha value is -2.05. The Balaban J connectivity index is 2.09. The van der Waals surface area contributed by atoms with Gasteiger partial charge in [-0.05, 0) is 12.1 Å². The summed E-state index contributed by atoms with van der Waals surface area (Å²) in [5.41, 5.74) is 1.94. The van der Waals surface area contributed by atoms with Crippen LogP contribution in [-0.2, 0) is 11.3 Å². The first-order valence-corrected chi connectivity index (χ1v) is 6.73. The van der Waals surface area contributed by atoms with Gasteiger partial charge in [-0.25, -0.2) is 4.98 Å². The van der Waals surface area contributed by atoms with Crippen molar-refractivity contribution in [3.8, 4) is 22.9 Å². The SMILES string of the molecule is COCCNCc1cnc(-c2cc(OC)cc(OC)c2)[nH]1. The van der Waals surface area contributed by atoms with E-state index in [2.05, 4.69) is 15.3 Å². The van der Waals surface area contributed by atoms with Gasteiger partial charge in [-0.3, -0.25) is 0 Å². The van der Waals surface area contributed by atoms with Crippen molar-refractivity contribution in [2.45, 2.75) is 6.54 Å². The van der Waals surface area contributed by atoms with Gasteiger partial charge in [0, 0.05) is 43.7 Å². The molecule has 1 heterocycles. The van der Waals surface area contributed by atoms with E-state index < -0.39 is 0 Å². The van der Waals surface area contributed by atoms with Crippen LogP contribution in [0, 0.1) is 0 Å². The number of methoxy groups -OCH3 is 3. The highest BCUT2D eigenvalue weighted by Gasteiger charge is 2.07. The Morgan fingerprint density at radius 1 is 1.10 bits per heavy atom. The van der Waals surface area contributed by atoms with Gasteiger partial charge in [0.2, 0.25) is 0 Å². The Kier molecular flexibility index (Phi) is 5.59. The van der Waals surface area contributed by atoms with Crippen LogP contribution in [-0.4, -0.2) is 44.4 Å². The smallest absolute Gasteiger partial charge is 0.137 e. The summed E-state index contributed by atoms with van der Waals surface area (Å²) in [6, 6.07) is 5.67. The average molecular weight is 291 g/mol. The number of hydrogen-bond donors (Lipinski definition) is 2. The van der Waals surface area contributed by atoms with Crippen LogP contribution in [0.25, 0.3) is 11.4 Å². The largest absolute Gasteiger partial charge is 0.497 e. The Morgan fingerprint density at radius 3 is 2.43 bits per heavy atom. The molecule has 2 N–H and O–H groups in total. The van der Waals surface area contributed by atoms with E-state index in [1.165, 1.54) is 0 Å². The van der Waals surface area contributed by atoms with Crippen molar-refractivity contribution in [1.82, 2.24) is 15.3 Å². The second-order valence-corrected chi connectivity index (χ2v) is 4.53. The highest BCUT2D eigenvalue weighted by molar-refractivity contribution is 5.61. The molecule has 2 rings (SSSR count). The predicted octanol–water partition coefficient (Wildman–Crippen LogP) is 1.83. The minimum Gasteiger partial charge on any atom is -0.497 e. The van der Waals surface area contributed by atoms with Gasteiger partial charge in [-0.1, -0.05) is 0 Å². The van der Waals surface area contributed by atoms with Gasteiger partial charge < -0.3 is 24.5 Å². The molecule has 0 radical (unpaired) electrons. The molecule has 2 aromatic rings. The van der Waals surface area contributed by atoms with Crippen LogP contribution in [0.15, 0.2) is 24.4 Å². The van der Waals surface area contributed by atoms with Crippen LogP contribution >= 0.6 is 0 Å². The number of imidazole rings is 1. The second kappa shape index (κ2) is 7.66. The first kappa shape index (κ1) is 15.3. The number of benzene rings is 1. The molecule has 0 aliphatic rings. The summed E-state index contributed by atoms with van der Waals surface area (Å²) in [5.74, 6) is 2.26. The van der Waals surface area contributed by atoms with Gasteiger partial charge in [0.05, 0.1) is 20.8 Å². The molecular weight excluding hydrogens is 270 g/mol. The van der Waals surface area contributed by atoms with Crippen LogP contribution in [0.4, 0.5) is 0 Å². The fourth-order valence-electron chi connectivity index (χ4n) is 1.94. The summed E-state index contributed by atoms with van der Waals surface area (Å²) in [6.45, 7) is 2.21. The van der Waals surface area contributed by atoms with Crippen molar-refractivity contribution in [3.05, 3.63) is 30.1 Å². The maximum atomic E-state index is 5.27. The summed E-state index contributed by atoms with van der Waals surface area (Å²) in [6.07, 6.45) is 1.82. The summed E-state index contributed by atoms with van der Waals surface area (Å²) in [5, 5.41) is 3.27. The van der Waals surface area contributed by atoms with Gasteiger partial charge in [-0.2, -0.15) is 0 Å². The monoisotopic (exact) mass is 291 g/mol. The molecule has 0 unspecified atom stereocenters. The molecule has 114 valence electrons. The zero-order valence-electron chi connectivity index (χ0n) is 12.6. The number of aromatic nitrogens is 2. The number of rotatable bonds is 8. The molecule has 21 heavy (non-hydrogen) atoms. The summed E-state index contributed by atoms with van der Waals surface area (Å²) < 4.78 is 15.5. The highest BCUT2D eigenvalue weighted by Crippen LogP contribution is 2.28. The summed E-state index contributed by atoms with van der Waals surface area (Å²) in [4.78, 5) is 7.68. The fraction of sp³-hybridized carbons (Fsp3) is 0.400. The zero-order valence-corrected chi connectivity index (χ0v) is 12.6. The molecular formula is C15H21N3O3. The minimum absolute atomic E-state index is 0.689. The Morgan fingerprint density at radius 2 is 1.81 bits per heavy atom. The van der Waals surface area contributed by atoms with E-state index in [0.717, 1.165) is 41.7 Å². The van der Waals surface area contributed by atoms with E-state index in [1.54, 1.807) is 21.3 Å². The lowest BCUT2D eigenvalue weighted by Crippen LogP contribution is -2.18.